The van der Waals surface area contributed by atoms with Crippen molar-refractivity contribution in [2.24, 2.45) is 5.16 Å². The van der Waals surface area contributed by atoms with Gasteiger partial charge >= 0.3 is 5.97 Å². The molecule has 6 rings (SSSR count). The first-order chi connectivity index (χ1) is 22.1. The summed E-state index contributed by atoms with van der Waals surface area (Å²) >= 11 is 7.44. The molecule has 0 unspecified atom stereocenters. The number of aromatic hydroxyl groups is 2. The highest BCUT2D eigenvalue weighted by Crippen LogP contribution is 2.51. The molecule has 2 fully saturated rings. The lowest BCUT2D eigenvalue weighted by atomic mass is 9.96. The van der Waals surface area contributed by atoms with Crippen molar-refractivity contribution < 1.29 is 34.2 Å². The van der Waals surface area contributed by atoms with E-state index in [2.05, 4.69) is 10.5 Å². The summed E-state index contributed by atoms with van der Waals surface area (Å²) in [6, 6.07) is 26.8. The molecule has 0 radical (unpaired) electrons. The molecule has 3 atom stereocenters. The lowest BCUT2D eigenvalue weighted by Gasteiger charge is -2.37. The maximum atomic E-state index is 13.9. The van der Waals surface area contributed by atoms with Gasteiger partial charge in [-0.25, -0.2) is 4.79 Å². The SMILES string of the molecule is C[C@@]1(/C=N/Oc2ccc(NC(=O)c3ccc(O)c(O)c3Cl)cc2)S[C@@H]2CC(=O)N2[C@H]1C(=O)OC(c1ccccc1)c1ccccc1. The Balaban J connectivity index is 1.15. The highest BCUT2D eigenvalue weighted by atomic mass is 35.5. The Hall–Kier alpha value is -5.00. The van der Waals surface area contributed by atoms with Crippen LogP contribution in [0.25, 0.3) is 0 Å². The zero-order valence-corrected chi connectivity index (χ0v) is 25.9. The molecule has 12 heteroatoms. The van der Waals surface area contributed by atoms with Gasteiger partial charge in [-0.15, -0.1) is 11.8 Å². The normalized spacial score (nSPS) is 20.3. The van der Waals surface area contributed by atoms with Crippen LogP contribution < -0.4 is 10.2 Å². The minimum atomic E-state index is -0.936. The number of carbonyl (C=O) groups excluding carboxylic acids is 3. The number of oxime groups is 1. The predicted octanol–water partition coefficient (Wildman–Crippen LogP) is 6.13. The molecule has 0 aromatic heterocycles. The minimum absolute atomic E-state index is 0.0145. The van der Waals surface area contributed by atoms with Crippen molar-refractivity contribution in [1.29, 1.82) is 0 Å². The van der Waals surface area contributed by atoms with E-state index < -0.39 is 40.3 Å². The Bertz CT molecular complexity index is 1770. The second kappa shape index (κ2) is 12.8. The minimum Gasteiger partial charge on any atom is -0.504 e. The van der Waals surface area contributed by atoms with Gasteiger partial charge in [-0.1, -0.05) is 77.4 Å². The van der Waals surface area contributed by atoms with Crippen molar-refractivity contribution >= 4 is 53.0 Å². The average Bonchev–Trinajstić information content (AvgIpc) is 3.30. The van der Waals surface area contributed by atoms with Crippen molar-refractivity contribution in [2.75, 3.05) is 5.32 Å². The molecule has 0 spiro atoms. The maximum absolute atomic E-state index is 13.9. The Morgan fingerprint density at radius 3 is 2.24 bits per heavy atom. The number of hydrogen-bond donors (Lipinski definition) is 3. The van der Waals surface area contributed by atoms with Gasteiger partial charge in [0.25, 0.3) is 5.91 Å². The van der Waals surface area contributed by atoms with Gasteiger partial charge in [-0.2, -0.15) is 0 Å². The number of hydrogen-bond acceptors (Lipinski definition) is 9. The van der Waals surface area contributed by atoms with Crippen LogP contribution in [0.15, 0.2) is 102 Å². The monoisotopic (exact) mass is 657 g/mol. The van der Waals surface area contributed by atoms with E-state index in [0.717, 1.165) is 11.1 Å². The fourth-order valence-electron chi connectivity index (χ4n) is 5.38. The molecule has 0 aliphatic carbocycles. The number of amides is 2. The van der Waals surface area contributed by atoms with E-state index in [0.29, 0.717) is 17.9 Å². The van der Waals surface area contributed by atoms with Gasteiger partial charge in [-0.05, 0) is 54.4 Å². The van der Waals surface area contributed by atoms with Gasteiger partial charge in [0.1, 0.15) is 6.04 Å². The van der Waals surface area contributed by atoms with Crippen LogP contribution in [-0.4, -0.2) is 55.3 Å². The fraction of sp³-hybridized carbons (Fsp3) is 0.176. The van der Waals surface area contributed by atoms with E-state index in [1.807, 2.05) is 67.6 Å². The molecule has 3 N–H and O–H groups in total. The van der Waals surface area contributed by atoms with Crippen molar-refractivity contribution in [2.45, 2.75) is 35.6 Å². The first-order valence-corrected chi connectivity index (χ1v) is 15.5. The molecule has 2 aliphatic rings. The van der Waals surface area contributed by atoms with Crippen LogP contribution in [0, 0.1) is 0 Å². The molecule has 10 nitrogen and oxygen atoms in total. The van der Waals surface area contributed by atoms with E-state index in [1.54, 1.807) is 29.2 Å². The summed E-state index contributed by atoms with van der Waals surface area (Å²) in [7, 11) is 0. The van der Waals surface area contributed by atoms with Crippen molar-refractivity contribution in [3.05, 3.63) is 119 Å². The number of ether oxygens (including phenoxy) is 1. The first kappa shape index (κ1) is 31.0. The summed E-state index contributed by atoms with van der Waals surface area (Å²) in [4.78, 5) is 46.3. The van der Waals surface area contributed by atoms with Gasteiger partial charge < -0.3 is 30.0 Å². The number of anilines is 1. The van der Waals surface area contributed by atoms with Crippen molar-refractivity contribution in [3.8, 4) is 17.2 Å². The molecule has 2 heterocycles. The first-order valence-electron chi connectivity index (χ1n) is 14.3. The number of β-lactam (4-membered cyclic amide) rings is 1. The standard InChI is InChI=1S/C34H28ClN3O7S/c1-34(19-36-45-23-14-12-22(13-15-23)37-32(42)24-16-17-25(39)29(41)28(24)35)31(38-26(40)18-27(38)46-34)33(43)44-30(20-8-4-2-5-9-20)21-10-6-3-7-11-21/h2-17,19,27,30-31,39,41H,18H2,1H3,(H,37,42)/b36-19+/t27-,31+,34+/m1/s1. The molecule has 2 aliphatic heterocycles. The lowest BCUT2D eigenvalue weighted by Crippen LogP contribution is -2.58. The second-order valence-corrected chi connectivity index (χ2v) is 12.9. The Labute approximate surface area is 273 Å². The number of nitrogens with zero attached hydrogens (tertiary/aromatic N) is 2. The number of carbonyl (C=O) groups is 3. The van der Waals surface area contributed by atoms with Crippen LogP contribution >= 0.6 is 23.4 Å². The maximum Gasteiger partial charge on any atom is 0.331 e. The third kappa shape index (κ3) is 6.11. The topological polar surface area (TPSA) is 138 Å². The second-order valence-electron chi connectivity index (χ2n) is 10.9. The third-order valence-corrected chi connectivity index (χ3v) is 9.62. The Kier molecular flexibility index (Phi) is 8.61. The molecule has 4 aromatic rings. The van der Waals surface area contributed by atoms with Gasteiger partial charge in [0.05, 0.1) is 33.3 Å². The summed E-state index contributed by atoms with van der Waals surface area (Å²) in [5.74, 6) is -1.92. The van der Waals surface area contributed by atoms with Gasteiger partial charge in [0.2, 0.25) is 5.91 Å². The van der Waals surface area contributed by atoms with Crippen LogP contribution in [0.1, 0.15) is 40.9 Å². The molecular weight excluding hydrogens is 630 g/mol. The molecule has 2 amide bonds. The van der Waals surface area contributed by atoms with Gasteiger partial charge in [0, 0.05) is 5.69 Å². The van der Waals surface area contributed by atoms with Crippen LogP contribution in [0.5, 0.6) is 17.2 Å². The number of benzene rings is 4. The summed E-state index contributed by atoms with van der Waals surface area (Å²) < 4.78 is 5.21. The van der Waals surface area contributed by atoms with E-state index in [1.165, 1.54) is 30.1 Å². The largest absolute Gasteiger partial charge is 0.504 e. The Morgan fingerprint density at radius 2 is 1.63 bits per heavy atom. The highest BCUT2D eigenvalue weighted by molar-refractivity contribution is 8.02. The van der Waals surface area contributed by atoms with Crippen LogP contribution in [0.2, 0.25) is 5.02 Å². The summed E-state index contributed by atoms with van der Waals surface area (Å²) in [5.41, 5.74) is 2.02. The third-order valence-electron chi connectivity index (χ3n) is 7.74. The smallest absolute Gasteiger partial charge is 0.331 e. The van der Waals surface area contributed by atoms with Crippen LogP contribution in [0.3, 0.4) is 0 Å². The van der Waals surface area contributed by atoms with E-state index in [-0.39, 0.29) is 21.9 Å². The number of halogens is 1. The number of nitrogens with one attached hydrogen (secondary N) is 1. The predicted molar refractivity (Wildman–Crippen MR) is 174 cm³/mol. The highest BCUT2D eigenvalue weighted by Gasteiger charge is 2.61. The van der Waals surface area contributed by atoms with E-state index >= 15 is 0 Å². The molecule has 0 bridgehead atoms. The van der Waals surface area contributed by atoms with Crippen LogP contribution in [-0.2, 0) is 14.3 Å². The number of fused-ring (bicyclic) bond motifs is 1. The number of thioether (sulfide) groups is 1. The quantitative estimate of drug-likeness (QED) is 0.0642. The fourth-order valence-corrected chi connectivity index (χ4v) is 7.23. The lowest BCUT2D eigenvalue weighted by molar-refractivity contribution is -0.163. The summed E-state index contributed by atoms with van der Waals surface area (Å²) in [6.07, 6.45) is 1.17. The van der Waals surface area contributed by atoms with E-state index in [4.69, 9.17) is 21.2 Å². The molecule has 4 aromatic carbocycles. The van der Waals surface area contributed by atoms with E-state index in [9.17, 15) is 24.6 Å². The zero-order valence-electron chi connectivity index (χ0n) is 24.4. The van der Waals surface area contributed by atoms with Crippen molar-refractivity contribution in [1.82, 2.24) is 4.90 Å². The van der Waals surface area contributed by atoms with Crippen LogP contribution in [0.4, 0.5) is 5.69 Å². The molecular formula is C34H28ClN3O7S. The number of rotatable bonds is 9. The molecule has 0 saturated carbocycles. The summed E-state index contributed by atoms with van der Waals surface area (Å²) in [5, 5.41) is 25.7. The zero-order chi connectivity index (χ0) is 32.4. The summed E-state index contributed by atoms with van der Waals surface area (Å²) in [6.45, 7) is 1.83. The number of esters is 1. The van der Waals surface area contributed by atoms with Gasteiger partial charge in [-0.3, -0.25) is 9.59 Å². The van der Waals surface area contributed by atoms with Crippen molar-refractivity contribution in [3.63, 3.8) is 0 Å². The number of phenols is 2. The molecule has 2 saturated heterocycles. The molecule has 46 heavy (non-hydrogen) atoms. The number of phenolic OH excluding ortho intramolecular Hbond substituents is 2. The van der Waals surface area contributed by atoms with Gasteiger partial charge in [0.15, 0.2) is 23.4 Å². The molecule has 234 valence electrons. The Morgan fingerprint density at radius 1 is 1.00 bits per heavy atom. The average molecular weight is 658 g/mol.